The molecule has 0 heterocycles. The van der Waals surface area contributed by atoms with Crippen molar-refractivity contribution >= 4 is 40.6 Å². The molecule has 0 bridgehead atoms. The number of halogens is 1. The van der Waals surface area contributed by atoms with Crippen LogP contribution in [0.25, 0.3) is 0 Å². The van der Waals surface area contributed by atoms with Crippen LogP contribution < -0.4 is 11.1 Å². The maximum atomic E-state index is 11.8. The molecule has 0 aromatic heterocycles. The number of nitrogens with one attached hydrogen (secondary N) is 1. The smallest absolute Gasteiger partial charge is 0.339 e. The lowest BCUT2D eigenvalue weighted by atomic mass is 10.1. The highest BCUT2D eigenvalue weighted by Crippen LogP contribution is 2.29. The van der Waals surface area contributed by atoms with Gasteiger partial charge in [-0.25, -0.2) is 9.59 Å². The zero-order valence-corrected chi connectivity index (χ0v) is 13.3. The summed E-state index contributed by atoms with van der Waals surface area (Å²) in [6.07, 6.45) is 0. The van der Waals surface area contributed by atoms with Crippen LogP contribution in [-0.4, -0.2) is 26.2 Å². The van der Waals surface area contributed by atoms with E-state index in [2.05, 4.69) is 10.1 Å². The van der Waals surface area contributed by atoms with Crippen molar-refractivity contribution in [3.8, 4) is 0 Å². The number of hydrogen-bond donors (Lipinski definition) is 2. The molecule has 0 spiro atoms. The quantitative estimate of drug-likeness (QED) is 0.659. The van der Waals surface area contributed by atoms with Gasteiger partial charge >= 0.3 is 11.9 Å². The Morgan fingerprint density at radius 1 is 1.00 bits per heavy atom. The van der Waals surface area contributed by atoms with Gasteiger partial charge in [0.15, 0.2) is 0 Å². The number of nitrogen functional groups attached to an aromatic ring is 1. The molecule has 7 heteroatoms. The molecule has 0 aliphatic heterocycles. The third-order valence-corrected chi connectivity index (χ3v) is 3.37. The van der Waals surface area contributed by atoms with E-state index in [1.165, 1.54) is 26.4 Å². The predicted octanol–water partition coefficient (Wildman–Crippen LogP) is 3.24. The average Bonchev–Trinajstić information content (AvgIpc) is 2.55. The van der Waals surface area contributed by atoms with Crippen molar-refractivity contribution in [1.29, 1.82) is 0 Å². The van der Waals surface area contributed by atoms with E-state index in [0.29, 0.717) is 33.2 Å². The van der Waals surface area contributed by atoms with Crippen molar-refractivity contribution in [2.75, 3.05) is 25.3 Å². The van der Waals surface area contributed by atoms with Crippen LogP contribution in [0.2, 0.25) is 5.02 Å². The Bertz CT molecular complexity index is 762. The SMILES string of the molecule is COC(=O)c1ccc(N)c(Nc2cc(Cl)ccc2C(=O)OC)c1. The van der Waals surface area contributed by atoms with E-state index in [1.807, 2.05) is 0 Å². The summed E-state index contributed by atoms with van der Waals surface area (Å²) in [6, 6.07) is 9.33. The number of carbonyl (C=O) groups excluding carboxylic acids is 2. The topological polar surface area (TPSA) is 90.6 Å². The number of anilines is 3. The summed E-state index contributed by atoms with van der Waals surface area (Å²) in [4.78, 5) is 23.5. The Morgan fingerprint density at radius 2 is 1.70 bits per heavy atom. The molecular weight excluding hydrogens is 320 g/mol. The van der Waals surface area contributed by atoms with E-state index in [0.717, 1.165) is 0 Å². The number of benzene rings is 2. The van der Waals surface area contributed by atoms with Crippen molar-refractivity contribution in [2.45, 2.75) is 0 Å². The van der Waals surface area contributed by atoms with Crippen molar-refractivity contribution in [2.24, 2.45) is 0 Å². The molecule has 2 aromatic carbocycles. The molecule has 0 radical (unpaired) electrons. The Labute approximate surface area is 138 Å². The lowest BCUT2D eigenvalue weighted by molar-refractivity contribution is 0.0592. The molecule has 0 aliphatic carbocycles. The second kappa shape index (κ2) is 7.02. The van der Waals surface area contributed by atoms with Gasteiger partial charge in [0.25, 0.3) is 0 Å². The van der Waals surface area contributed by atoms with E-state index < -0.39 is 11.9 Å². The van der Waals surface area contributed by atoms with Crippen LogP contribution in [0.15, 0.2) is 36.4 Å². The van der Waals surface area contributed by atoms with Crippen LogP contribution in [-0.2, 0) is 9.47 Å². The Balaban J connectivity index is 2.44. The second-order valence-electron chi connectivity index (χ2n) is 4.60. The summed E-state index contributed by atoms with van der Waals surface area (Å²) in [7, 11) is 2.57. The monoisotopic (exact) mass is 334 g/mol. The predicted molar refractivity (Wildman–Crippen MR) is 88.3 cm³/mol. The molecule has 0 fully saturated rings. The standard InChI is InChI=1S/C16H15ClN2O4/c1-22-15(20)9-3-6-12(18)14(7-9)19-13-8-10(17)4-5-11(13)16(21)23-2/h3-8,19H,18H2,1-2H3. The molecule has 0 atom stereocenters. The maximum Gasteiger partial charge on any atom is 0.339 e. The number of rotatable bonds is 4. The van der Waals surface area contributed by atoms with Gasteiger partial charge < -0.3 is 20.5 Å². The lowest BCUT2D eigenvalue weighted by Crippen LogP contribution is -2.08. The van der Waals surface area contributed by atoms with Gasteiger partial charge in [-0.1, -0.05) is 11.6 Å². The number of esters is 2. The van der Waals surface area contributed by atoms with Crippen LogP contribution in [0.5, 0.6) is 0 Å². The Kier molecular flexibility index (Phi) is 5.08. The molecule has 0 amide bonds. The fourth-order valence-electron chi connectivity index (χ4n) is 1.96. The number of nitrogens with two attached hydrogens (primary N) is 1. The largest absolute Gasteiger partial charge is 0.465 e. The third-order valence-electron chi connectivity index (χ3n) is 3.13. The number of carbonyl (C=O) groups is 2. The summed E-state index contributed by atoms with van der Waals surface area (Å²) < 4.78 is 9.41. The average molecular weight is 335 g/mol. The summed E-state index contributed by atoms with van der Waals surface area (Å²) in [5.41, 5.74) is 7.78. The summed E-state index contributed by atoms with van der Waals surface area (Å²) in [5.74, 6) is -1.01. The minimum Gasteiger partial charge on any atom is -0.465 e. The van der Waals surface area contributed by atoms with E-state index in [4.69, 9.17) is 22.1 Å². The van der Waals surface area contributed by atoms with Crippen molar-refractivity contribution in [1.82, 2.24) is 0 Å². The van der Waals surface area contributed by atoms with Crippen molar-refractivity contribution in [3.05, 3.63) is 52.5 Å². The van der Waals surface area contributed by atoms with Gasteiger partial charge in [-0.05, 0) is 36.4 Å². The van der Waals surface area contributed by atoms with Crippen LogP contribution in [0.1, 0.15) is 20.7 Å². The first-order valence-corrected chi connectivity index (χ1v) is 6.96. The Hall–Kier alpha value is -2.73. The van der Waals surface area contributed by atoms with Gasteiger partial charge in [-0.2, -0.15) is 0 Å². The van der Waals surface area contributed by atoms with Gasteiger partial charge in [0.2, 0.25) is 0 Å². The number of methoxy groups -OCH3 is 2. The Morgan fingerprint density at radius 3 is 2.35 bits per heavy atom. The van der Waals surface area contributed by atoms with E-state index >= 15 is 0 Å². The van der Waals surface area contributed by atoms with E-state index in [-0.39, 0.29) is 0 Å². The van der Waals surface area contributed by atoms with Crippen molar-refractivity contribution < 1.29 is 19.1 Å². The van der Waals surface area contributed by atoms with Gasteiger partial charge in [0.05, 0.1) is 42.4 Å². The summed E-state index contributed by atoms with van der Waals surface area (Å²) in [5, 5.41) is 3.43. The van der Waals surface area contributed by atoms with E-state index in [1.54, 1.807) is 24.3 Å². The summed E-state index contributed by atoms with van der Waals surface area (Å²) >= 11 is 5.98. The lowest BCUT2D eigenvalue weighted by Gasteiger charge is -2.14. The molecule has 0 saturated heterocycles. The van der Waals surface area contributed by atoms with Crippen LogP contribution in [0, 0.1) is 0 Å². The first kappa shape index (κ1) is 16.6. The molecule has 0 saturated carbocycles. The first-order chi connectivity index (χ1) is 11.0. The molecule has 2 rings (SSSR count). The number of ether oxygens (including phenoxy) is 2. The minimum absolute atomic E-state index is 0.291. The highest BCUT2D eigenvalue weighted by molar-refractivity contribution is 6.31. The fraction of sp³-hybridized carbons (Fsp3) is 0.125. The van der Waals surface area contributed by atoms with Gasteiger partial charge in [-0.3, -0.25) is 0 Å². The van der Waals surface area contributed by atoms with Gasteiger partial charge in [0.1, 0.15) is 0 Å². The highest BCUT2D eigenvalue weighted by atomic mass is 35.5. The van der Waals surface area contributed by atoms with Crippen molar-refractivity contribution in [3.63, 3.8) is 0 Å². The van der Waals surface area contributed by atoms with Gasteiger partial charge in [-0.15, -0.1) is 0 Å². The molecule has 3 N–H and O–H groups in total. The fourth-order valence-corrected chi connectivity index (χ4v) is 2.13. The highest BCUT2D eigenvalue weighted by Gasteiger charge is 2.15. The van der Waals surface area contributed by atoms with Crippen LogP contribution in [0.4, 0.5) is 17.1 Å². The normalized spacial score (nSPS) is 10.0. The van der Waals surface area contributed by atoms with Crippen LogP contribution >= 0.6 is 11.6 Å². The van der Waals surface area contributed by atoms with E-state index in [9.17, 15) is 9.59 Å². The zero-order valence-electron chi connectivity index (χ0n) is 12.6. The molecule has 0 unspecified atom stereocenters. The van der Waals surface area contributed by atoms with Crippen LogP contribution in [0.3, 0.4) is 0 Å². The summed E-state index contributed by atoms with van der Waals surface area (Å²) in [6.45, 7) is 0. The number of hydrogen-bond acceptors (Lipinski definition) is 6. The second-order valence-corrected chi connectivity index (χ2v) is 5.04. The molecule has 6 nitrogen and oxygen atoms in total. The molecule has 120 valence electrons. The van der Waals surface area contributed by atoms with Gasteiger partial charge in [0, 0.05) is 5.02 Å². The molecule has 23 heavy (non-hydrogen) atoms. The maximum absolute atomic E-state index is 11.8. The molecule has 0 aliphatic rings. The third kappa shape index (κ3) is 3.73. The molecular formula is C16H15ClN2O4. The zero-order chi connectivity index (χ0) is 17.0. The molecule has 2 aromatic rings. The first-order valence-electron chi connectivity index (χ1n) is 6.59. The minimum atomic E-state index is -0.521.